The van der Waals surface area contributed by atoms with Crippen LogP contribution in [0.15, 0.2) is 0 Å². The third-order valence-corrected chi connectivity index (χ3v) is 5.57. The fraction of sp³-hybridized carbons (Fsp3) is 0.667. The molecule has 2 fully saturated rings. The summed E-state index contributed by atoms with van der Waals surface area (Å²) < 4.78 is 0. The quantitative estimate of drug-likeness (QED) is 0.908. The van der Waals surface area contributed by atoms with Gasteiger partial charge in [0.15, 0.2) is 0 Å². The van der Waals surface area contributed by atoms with Gasteiger partial charge in [0, 0.05) is 12.0 Å². The van der Waals surface area contributed by atoms with Gasteiger partial charge in [-0.15, -0.1) is 11.3 Å². The molecule has 2 saturated carbocycles. The van der Waals surface area contributed by atoms with Gasteiger partial charge < -0.3 is 10.0 Å². The molecule has 1 aromatic heterocycles. The molecule has 0 atom stereocenters. The molecule has 0 spiro atoms. The summed E-state index contributed by atoms with van der Waals surface area (Å²) in [6.45, 7) is 1.65. The van der Waals surface area contributed by atoms with Gasteiger partial charge in [0.2, 0.25) is 0 Å². The highest BCUT2D eigenvalue weighted by atomic mass is 32.1. The summed E-state index contributed by atoms with van der Waals surface area (Å²) in [6, 6.07) is 0.102. The molecule has 0 bridgehead atoms. The van der Waals surface area contributed by atoms with Gasteiger partial charge in [-0.2, -0.15) is 0 Å². The number of carbonyl (C=O) groups excluding carboxylic acids is 1. The average molecular weight is 308 g/mol. The van der Waals surface area contributed by atoms with E-state index in [0.29, 0.717) is 10.8 Å². The number of carboxylic acid groups (broad SMARTS) is 1. The highest BCUT2D eigenvalue weighted by molar-refractivity contribution is 7.13. The molecule has 0 aromatic carbocycles. The van der Waals surface area contributed by atoms with Gasteiger partial charge in [-0.25, -0.2) is 4.98 Å². The fourth-order valence-corrected chi connectivity index (χ4v) is 4.18. The van der Waals surface area contributed by atoms with Crippen molar-refractivity contribution in [1.29, 1.82) is 0 Å². The van der Waals surface area contributed by atoms with Gasteiger partial charge >= 0.3 is 5.97 Å². The minimum absolute atomic E-state index is 0.102. The maximum atomic E-state index is 12.6. The first-order valence-electron chi connectivity index (χ1n) is 7.56. The van der Waals surface area contributed by atoms with Crippen LogP contribution in [0.4, 0.5) is 0 Å². The Labute approximate surface area is 128 Å². The van der Waals surface area contributed by atoms with Crippen molar-refractivity contribution in [2.24, 2.45) is 0 Å². The first-order chi connectivity index (χ1) is 10.1. The second-order valence-corrected chi connectivity index (χ2v) is 7.04. The number of thiazole rings is 1. The minimum atomic E-state index is -0.951. The predicted octanol–water partition coefficient (Wildman–Crippen LogP) is 2.80. The Kier molecular flexibility index (Phi) is 3.97. The normalized spacial score (nSPS) is 18.9. The highest BCUT2D eigenvalue weighted by Gasteiger charge is 2.36. The number of hydrogen-bond donors (Lipinski definition) is 1. The molecule has 2 aliphatic rings. The third-order valence-electron chi connectivity index (χ3n) is 4.27. The molecule has 1 amide bonds. The summed E-state index contributed by atoms with van der Waals surface area (Å²) in [4.78, 5) is 30.3. The van der Waals surface area contributed by atoms with Crippen molar-refractivity contribution in [3.8, 4) is 0 Å². The summed E-state index contributed by atoms with van der Waals surface area (Å²) >= 11 is 1.47. The standard InChI is InChI=1S/C15H20N2O3S/c1-9-13(21-14(16-9)10-4-2-3-5-10)15(20)17(8-12(18)19)11-6-7-11/h10-11H,2-8H2,1H3,(H,18,19). The number of hydrogen-bond acceptors (Lipinski definition) is 4. The van der Waals surface area contributed by atoms with Gasteiger partial charge in [-0.05, 0) is 32.6 Å². The SMILES string of the molecule is Cc1nc(C2CCCC2)sc1C(=O)N(CC(=O)O)C1CC1. The molecule has 1 heterocycles. The minimum Gasteiger partial charge on any atom is -0.480 e. The fourth-order valence-electron chi connectivity index (χ4n) is 2.99. The number of amides is 1. The van der Waals surface area contributed by atoms with Crippen molar-refractivity contribution in [2.75, 3.05) is 6.54 Å². The molecule has 0 saturated heterocycles. The Morgan fingerprint density at radius 2 is 1.95 bits per heavy atom. The molecule has 2 aliphatic carbocycles. The van der Waals surface area contributed by atoms with E-state index in [-0.39, 0.29) is 18.5 Å². The summed E-state index contributed by atoms with van der Waals surface area (Å²) in [5, 5.41) is 10.1. The molecule has 0 unspecified atom stereocenters. The lowest BCUT2D eigenvalue weighted by Crippen LogP contribution is -2.37. The number of aryl methyl sites for hydroxylation is 1. The summed E-state index contributed by atoms with van der Waals surface area (Å²) in [6.07, 6.45) is 6.60. The second-order valence-electron chi connectivity index (χ2n) is 6.01. The lowest BCUT2D eigenvalue weighted by molar-refractivity contribution is -0.137. The van der Waals surface area contributed by atoms with E-state index < -0.39 is 5.97 Å². The van der Waals surface area contributed by atoms with Crippen LogP contribution in [0.3, 0.4) is 0 Å². The van der Waals surface area contributed by atoms with E-state index in [0.717, 1.165) is 36.4 Å². The molecular weight excluding hydrogens is 288 g/mol. The first-order valence-corrected chi connectivity index (χ1v) is 8.38. The first kappa shape index (κ1) is 14.5. The van der Waals surface area contributed by atoms with Crippen LogP contribution >= 0.6 is 11.3 Å². The molecule has 114 valence electrons. The molecule has 6 heteroatoms. The summed E-state index contributed by atoms with van der Waals surface area (Å²) in [5.74, 6) is -0.614. The number of rotatable bonds is 5. The number of nitrogens with zero attached hydrogens (tertiary/aromatic N) is 2. The van der Waals surface area contributed by atoms with Crippen LogP contribution in [0.1, 0.15) is 64.8 Å². The zero-order valence-electron chi connectivity index (χ0n) is 12.2. The van der Waals surface area contributed by atoms with Crippen LogP contribution in [0.2, 0.25) is 0 Å². The van der Waals surface area contributed by atoms with Crippen molar-refractivity contribution >= 4 is 23.2 Å². The summed E-state index contributed by atoms with van der Waals surface area (Å²) in [7, 11) is 0. The van der Waals surface area contributed by atoms with Crippen LogP contribution in [-0.4, -0.2) is 39.5 Å². The van der Waals surface area contributed by atoms with Crippen LogP contribution < -0.4 is 0 Å². The number of carbonyl (C=O) groups is 2. The molecule has 21 heavy (non-hydrogen) atoms. The van der Waals surface area contributed by atoms with E-state index >= 15 is 0 Å². The maximum Gasteiger partial charge on any atom is 0.323 e. The Morgan fingerprint density at radius 1 is 1.29 bits per heavy atom. The second kappa shape index (κ2) is 5.75. The highest BCUT2D eigenvalue weighted by Crippen LogP contribution is 2.38. The van der Waals surface area contributed by atoms with Gasteiger partial charge in [-0.1, -0.05) is 12.8 Å². The molecule has 0 radical (unpaired) electrons. The van der Waals surface area contributed by atoms with Gasteiger partial charge in [-0.3, -0.25) is 9.59 Å². The molecule has 1 N–H and O–H groups in total. The molecule has 3 rings (SSSR count). The van der Waals surface area contributed by atoms with Gasteiger partial charge in [0.05, 0.1) is 10.7 Å². The van der Waals surface area contributed by atoms with Crippen LogP contribution in [0, 0.1) is 6.92 Å². The van der Waals surface area contributed by atoms with E-state index in [9.17, 15) is 9.59 Å². The lowest BCUT2D eigenvalue weighted by atomic mass is 10.1. The number of carboxylic acids is 1. The van der Waals surface area contributed by atoms with E-state index in [1.165, 1.54) is 29.1 Å². The average Bonchev–Trinajstić information content (AvgIpc) is 2.98. The Hall–Kier alpha value is -1.43. The summed E-state index contributed by atoms with van der Waals surface area (Å²) in [5.41, 5.74) is 0.753. The Balaban J connectivity index is 1.81. The zero-order chi connectivity index (χ0) is 15.0. The van der Waals surface area contributed by atoms with E-state index in [4.69, 9.17) is 5.11 Å². The maximum absolute atomic E-state index is 12.6. The van der Waals surface area contributed by atoms with Gasteiger partial charge in [0.25, 0.3) is 5.91 Å². The van der Waals surface area contributed by atoms with Crippen molar-refractivity contribution < 1.29 is 14.7 Å². The Morgan fingerprint density at radius 3 is 2.52 bits per heavy atom. The topological polar surface area (TPSA) is 70.5 Å². The lowest BCUT2D eigenvalue weighted by Gasteiger charge is -2.19. The van der Waals surface area contributed by atoms with Gasteiger partial charge in [0.1, 0.15) is 11.4 Å². The molecule has 1 aromatic rings. The van der Waals surface area contributed by atoms with Crippen LogP contribution in [-0.2, 0) is 4.79 Å². The van der Waals surface area contributed by atoms with Crippen molar-refractivity contribution in [2.45, 2.75) is 57.4 Å². The number of aromatic nitrogens is 1. The smallest absolute Gasteiger partial charge is 0.323 e. The van der Waals surface area contributed by atoms with Crippen molar-refractivity contribution in [1.82, 2.24) is 9.88 Å². The number of aliphatic carboxylic acids is 1. The van der Waals surface area contributed by atoms with E-state index in [1.807, 2.05) is 6.92 Å². The van der Waals surface area contributed by atoms with E-state index in [2.05, 4.69) is 4.98 Å². The third kappa shape index (κ3) is 3.10. The van der Waals surface area contributed by atoms with E-state index in [1.54, 1.807) is 0 Å². The molecule has 5 nitrogen and oxygen atoms in total. The Bertz CT molecular complexity index is 559. The van der Waals surface area contributed by atoms with Crippen LogP contribution in [0.5, 0.6) is 0 Å². The van der Waals surface area contributed by atoms with Crippen LogP contribution in [0.25, 0.3) is 0 Å². The predicted molar refractivity (Wildman–Crippen MR) is 79.8 cm³/mol. The molecular formula is C15H20N2O3S. The monoisotopic (exact) mass is 308 g/mol. The van der Waals surface area contributed by atoms with Crippen molar-refractivity contribution in [3.63, 3.8) is 0 Å². The molecule has 0 aliphatic heterocycles. The van der Waals surface area contributed by atoms with Crippen molar-refractivity contribution in [3.05, 3.63) is 15.6 Å². The largest absolute Gasteiger partial charge is 0.480 e. The zero-order valence-corrected chi connectivity index (χ0v) is 13.0.